The molecule has 1 aromatic carbocycles. The summed E-state index contributed by atoms with van der Waals surface area (Å²) in [6.07, 6.45) is 4.31. The quantitative estimate of drug-likeness (QED) is 0.577. The molecule has 1 aliphatic heterocycles. The van der Waals surface area contributed by atoms with Gasteiger partial charge in [-0.25, -0.2) is 4.99 Å². The van der Waals surface area contributed by atoms with Gasteiger partial charge in [-0.2, -0.15) is 0 Å². The molecule has 5 heteroatoms. The topological polar surface area (TPSA) is 52.8 Å². The molecule has 0 bridgehead atoms. The van der Waals surface area contributed by atoms with Gasteiger partial charge in [0.25, 0.3) is 0 Å². The third-order valence-electron chi connectivity index (χ3n) is 5.15. The maximum absolute atomic E-state index is 5.39. The van der Waals surface area contributed by atoms with E-state index in [1.54, 1.807) is 6.26 Å². The fourth-order valence-corrected chi connectivity index (χ4v) is 3.42. The highest BCUT2D eigenvalue weighted by atomic mass is 16.3. The Bertz CT molecular complexity index is 703. The van der Waals surface area contributed by atoms with Gasteiger partial charge >= 0.3 is 0 Å². The van der Waals surface area contributed by atoms with E-state index in [-0.39, 0.29) is 0 Å². The van der Waals surface area contributed by atoms with Crippen LogP contribution >= 0.6 is 0 Å². The van der Waals surface area contributed by atoms with Crippen LogP contribution in [-0.2, 0) is 19.6 Å². The third kappa shape index (κ3) is 6.14. The van der Waals surface area contributed by atoms with Gasteiger partial charge in [0.15, 0.2) is 5.96 Å². The largest absolute Gasteiger partial charge is 0.467 e. The summed E-state index contributed by atoms with van der Waals surface area (Å²) in [7, 11) is 0. The summed E-state index contributed by atoms with van der Waals surface area (Å²) >= 11 is 0. The van der Waals surface area contributed by atoms with Crippen LogP contribution in [0.15, 0.2) is 52.1 Å². The van der Waals surface area contributed by atoms with Gasteiger partial charge in [-0.1, -0.05) is 31.2 Å². The Morgan fingerprint density at radius 2 is 1.89 bits per heavy atom. The van der Waals surface area contributed by atoms with Crippen LogP contribution < -0.4 is 10.6 Å². The summed E-state index contributed by atoms with van der Waals surface area (Å²) in [5.41, 5.74) is 2.68. The lowest BCUT2D eigenvalue weighted by Crippen LogP contribution is -2.36. The second-order valence-electron chi connectivity index (χ2n) is 7.36. The Morgan fingerprint density at radius 1 is 1.11 bits per heavy atom. The number of piperidine rings is 1. The minimum atomic E-state index is 0.631. The molecular weight excluding hydrogens is 336 g/mol. The fourth-order valence-electron chi connectivity index (χ4n) is 3.42. The Labute approximate surface area is 162 Å². The average molecular weight is 369 g/mol. The summed E-state index contributed by atoms with van der Waals surface area (Å²) in [5, 5.41) is 6.64. The number of aliphatic imine (C=N–C) groups is 1. The molecule has 0 spiro atoms. The molecule has 2 aromatic rings. The van der Waals surface area contributed by atoms with Gasteiger partial charge < -0.3 is 15.1 Å². The number of rotatable bonds is 7. The Kier molecular flexibility index (Phi) is 7.34. The van der Waals surface area contributed by atoms with E-state index in [2.05, 4.69) is 53.6 Å². The smallest absolute Gasteiger partial charge is 0.191 e. The van der Waals surface area contributed by atoms with Crippen molar-refractivity contribution in [2.24, 2.45) is 10.9 Å². The van der Waals surface area contributed by atoms with Gasteiger partial charge in [0, 0.05) is 13.1 Å². The second-order valence-corrected chi connectivity index (χ2v) is 7.36. The van der Waals surface area contributed by atoms with E-state index in [1.807, 2.05) is 12.1 Å². The summed E-state index contributed by atoms with van der Waals surface area (Å²) in [6.45, 7) is 10.00. The molecule has 1 saturated heterocycles. The molecular formula is C22H32N4O. The van der Waals surface area contributed by atoms with Crippen LogP contribution in [0, 0.1) is 5.92 Å². The maximum atomic E-state index is 5.39. The van der Waals surface area contributed by atoms with Crippen molar-refractivity contribution in [1.82, 2.24) is 15.5 Å². The highest BCUT2D eigenvalue weighted by Gasteiger charge is 2.16. The highest BCUT2D eigenvalue weighted by Crippen LogP contribution is 2.20. The first-order valence-corrected chi connectivity index (χ1v) is 10.1. The van der Waals surface area contributed by atoms with E-state index in [9.17, 15) is 0 Å². The van der Waals surface area contributed by atoms with E-state index in [1.165, 1.54) is 37.1 Å². The Hall–Kier alpha value is -2.27. The van der Waals surface area contributed by atoms with Crippen LogP contribution in [-0.4, -0.2) is 30.5 Å². The van der Waals surface area contributed by atoms with Gasteiger partial charge in [0.2, 0.25) is 0 Å². The van der Waals surface area contributed by atoms with Crippen molar-refractivity contribution in [1.29, 1.82) is 0 Å². The molecule has 0 amide bonds. The minimum Gasteiger partial charge on any atom is -0.467 e. The SMILES string of the molecule is CCNC(=NCc1ccccc1CN1CCC(C)CC1)NCc1ccco1. The Balaban J connectivity index is 1.61. The fraction of sp³-hybridized carbons (Fsp3) is 0.500. The molecule has 2 heterocycles. The van der Waals surface area contributed by atoms with Crippen molar-refractivity contribution in [2.75, 3.05) is 19.6 Å². The third-order valence-corrected chi connectivity index (χ3v) is 5.15. The van der Waals surface area contributed by atoms with Gasteiger partial charge in [0.1, 0.15) is 5.76 Å². The lowest BCUT2D eigenvalue weighted by atomic mass is 9.98. The lowest BCUT2D eigenvalue weighted by molar-refractivity contribution is 0.185. The first-order valence-electron chi connectivity index (χ1n) is 10.1. The molecule has 0 radical (unpaired) electrons. The number of furan rings is 1. The van der Waals surface area contributed by atoms with Crippen LogP contribution in [0.3, 0.4) is 0 Å². The monoisotopic (exact) mass is 368 g/mol. The van der Waals surface area contributed by atoms with Crippen LogP contribution in [0.25, 0.3) is 0 Å². The molecule has 0 unspecified atom stereocenters. The number of hydrogen-bond acceptors (Lipinski definition) is 3. The van der Waals surface area contributed by atoms with E-state index in [0.29, 0.717) is 13.1 Å². The zero-order chi connectivity index (χ0) is 18.9. The second kappa shape index (κ2) is 10.2. The van der Waals surface area contributed by atoms with Gasteiger partial charge in [-0.3, -0.25) is 4.90 Å². The number of hydrogen-bond donors (Lipinski definition) is 2. The van der Waals surface area contributed by atoms with Gasteiger partial charge in [-0.05, 0) is 62.0 Å². The summed E-state index contributed by atoms with van der Waals surface area (Å²) in [5.74, 6) is 2.58. The van der Waals surface area contributed by atoms with E-state index in [0.717, 1.165) is 30.7 Å². The number of benzene rings is 1. The molecule has 3 rings (SSSR count). The number of likely N-dealkylation sites (tertiary alicyclic amines) is 1. The summed E-state index contributed by atoms with van der Waals surface area (Å²) in [6, 6.07) is 12.5. The van der Waals surface area contributed by atoms with E-state index >= 15 is 0 Å². The standard InChI is InChI=1S/C22H32N4O/c1-3-23-22(25-16-21-9-6-14-27-21)24-15-19-7-4-5-8-20(19)17-26-12-10-18(2)11-13-26/h4-9,14,18H,3,10-13,15-17H2,1-2H3,(H2,23,24,25). The normalized spacial score (nSPS) is 16.4. The zero-order valence-electron chi connectivity index (χ0n) is 16.6. The summed E-state index contributed by atoms with van der Waals surface area (Å²) in [4.78, 5) is 7.36. The van der Waals surface area contributed by atoms with Gasteiger partial charge in [-0.15, -0.1) is 0 Å². The molecule has 1 aliphatic rings. The zero-order valence-corrected chi connectivity index (χ0v) is 16.6. The van der Waals surface area contributed by atoms with Crippen molar-refractivity contribution in [3.05, 3.63) is 59.5 Å². The van der Waals surface area contributed by atoms with Crippen molar-refractivity contribution in [3.63, 3.8) is 0 Å². The van der Waals surface area contributed by atoms with Crippen molar-refractivity contribution in [2.45, 2.75) is 46.3 Å². The van der Waals surface area contributed by atoms with Crippen LogP contribution in [0.1, 0.15) is 43.6 Å². The van der Waals surface area contributed by atoms with Crippen molar-refractivity contribution in [3.8, 4) is 0 Å². The molecule has 27 heavy (non-hydrogen) atoms. The highest BCUT2D eigenvalue weighted by molar-refractivity contribution is 5.79. The van der Waals surface area contributed by atoms with Crippen LogP contribution in [0.5, 0.6) is 0 Å². The Morgan fingerprint density at radius 3 is 2.59 bits per heavy atom. The number of nitrogens with zero attached hydrogens (tertiary/aromatic N) is 2. The molecule has 0 atom stereocenters. The summed E-state index contributed by atoms with van der Waals surface area (Å²) < 4.78 is 5.39. The molecule has 0 aliphatic carbocycles. The van der Waals surface area contributed by atoms with E-state index in [4.69, 9.17) is 9.41 Å². The van der Waals surface area contributed by atoms with Crippen LogP contribution in [0.2, 0.25) is 0 Å². The first-order chi connectivity index (χ1) is 13.2. The number of nitrogens with one attached hydrogen (secondary N) is 2. The molecule has 5 nitrogen and oxygen atoms in total. The minimum absolute atomic E-state index is 0.631. The predicted octanol–water partition coefficient (Wildman–Crippen LogP) is 3.77. The average Bonchev–Trinajstić information content (AvgIpc) is 3.20. The predicted molar refractivity (Wildman–Crippen MR) is 110 cm³/mol. The van der Waals surface area contributed by atoms with Crippen molar-refractivity contribution < 1.29 is 4.42 Å². The molecule has 1 aromatic heterocycles. The van der Waals surface area contributed by atoms with E-state index < -0.39 is 0 Å². The first kappa shape index (κ1) is 19.5. The lowest BCUT2D eigenvalue weighted by Gasteiger charge is -2.30. The van der Waals surface area contributed by atoms with Crippen molar-refractivity contribution >= 4 is 5.96 Å². The maximum Gasteiger partial charge on any atom is 0.191 e. The van der Waals surface area contributed by atoms with Crippen LogP contribution in [0.4, 0.5) is 0 Å². The molecule has 1 fully saturated rings. The molecule has 0 saturated carbocycles. The molecule has 146 valence electrons. The number of guanidine groups is 1. The molecule has 2 N–H and O–H groups in total. The van der Waals surface area contributed by atoms with Gasteiger partial charge in [0.05, 0.1) is 19.4 Å².